The molecule has 0 amide bonds. The first kappa shape index (κ1) is 14.6. The molecular weight excluding hydrogens is 254 g/mol. The summed E-state index contributed by atoms with van der Waals surface area (Å²) < 4.78 is 0. The molecule has 0 heterocycles. The topological polar surface area (TPSA) is 23.8 Å². The second kappa shape index (κ2) is 5.84. The van der Waals surface area contributed by atoms with Gasteiger partial charge in [0, 0.05) is 0 Å². The van der Waals surface area contributed by atoms with E-state index >= 15 is 0 Å². The predicted octanol–water partition coefficient (Wildman–Crippen LogP) is 5.73. The van der Waals surface area contributed by atoms with Crippen molar-refractivity contribution in [1.82, 2.24) is 0 Å². The van der Waals surface area contributed by atoms with Gasteiger partial charge in [0.2, 0.25) is 0 Å². The molecule has 4 rings (SSSR count). The van der Waals surface area contributed by atoms with Crippen LogP contribution < -0.4 is 0 Å². The van der Waals surface area contributed by atoms with Gasteiger partial charge in [-0.2, -0.15) is 5.26 Å². The van der Waals surface area contributed by atoms with Gasteiger partial charge in [-0.3, -0.25) is 0 Å². The Hall–Kier alpha value is -1.29. The molecule has 2 bridgehead atoms. The molecule has 3 saturated carbocycles. The zero-order valence-corrected chi connectivity index (χ0v) is 13.3. The largest absolute Gasteiger partial charge is 0.192 e. The lowest BCUT2D eigenvalue weighted by molar-refractivity contribution is 0.0305. The number of unbranched alkanes of at least 4 members (excludes halogenated alkanes) is 2. The van der Waals surface area contributed by atoms with Crippen molar-refractivity contribution in [2.75, 3.05) is 0 Å². The van der Waals surface area contributed by atoms with E-state index in [4.69, 9.17) is 5.26 Å². The quantitative estimate of drug-likeness (QED) is 0.632. The molecule has 0 saturated heterocycles. The van der Waals surface area contributed by atoms with Crippen molar-refractivity contribution in [3.63, 3.8) is 0 Å². The summed E-state index contributed by atoms with van der Waals surface area (Å²) in [5.41, 5.74) is 3.39. The SMILES string of the molecule is CCCCCC12CCC(c3ccc(C#N)cc3)(CC1)CC2. The van der Waals surface area contributed by atoms with Crippen LogP contribution in [0.3, 0.4) is 0 Å². The van der Waals surface area contributed by atoms with E-state index in [1.54, 1.807) is 0 Å². The second-order valence-electron chi connectivity index (χ2n) is 7.43. The van der Waals surface area contributed by atoms with Crippen LogP contribution in [0, 0.1) is 16.7 Å². The van der Waals surface area contributed by atoms with Crippen molar-refractivity contribution in [2.24, 2.45) is 5.41 Å². The Morgan fingerprint density at radius 2 is 1.57 bits per heavy atom. The van der Waals surface area contributed by atoms with Crippen LogP contribution >= 0.6 is 0 Å². The molecule has 3 aliphatic carbocycles. The Labute approximate surface area is 129 Å². The Morgan fingerprint density at radius 1 is 0.952 bits per heavy atom. The summed E-state index contributed by atoms with van der Waals surface area (Å²) in [4.78, 5) is 0. The van der Waals surface area contributed by atoms with Gasteiger partial charge in [0.25, 0.3) is 0 Å². The van der Waals surface area contributed by atoms with E-state index in [0.717, 1.165) is 5.56 Å². The van der Waals surface area contributed by atoms with Crippen LogP contribution in [0.15, 0.2) is 24.3 Å². The third-order valence-corrected chi connectivity index (χ3v) is 6.34. The minimum absolute atomic E-state index is 0.431. The van der Waals surface area contributed by atoms with Crippen molar-refractivity contribution < 1.29 is 0 Å². The Balaban J connectivity index is 1.69. The van der Waals surface area contributed by atoms with Gasteiger partial charge in [0.1, 0.15) is 0 Å². The number of hydrogen-bond acceptors (Lipinski definition) is 1. The highest BCUT2D eigenvalue weighted by molar-refractivity contribution is 5.36. The zero-order chi connectivity index (χ0) is 14.8. The average Bonchev–Trinajstić information content (AvgIpc) is 2.57. The molecule has 1 aromatic rings. The minimum atomic E-state index is 0.431. The number of rotatable bonds is 5. The van der Waals surface area contributed by atoms with Gasteiger partial charge in [-0.15, -0.1) is 0 Å². The molecule has 0 radical (unpaired) electrons. The van der Waals surface area contributed by atoms with Crippen LogP contribution in [0.1, 0.15) is 82.3 Å². The van der Waals surface area contributed by atoms with Crippen LogP contribution in [-0.4, -0.2) is 0 Å². The van der Waals surface area contributed by atoms with Gasteiger partial charge in [-0.1, -0.05) is 38.3 Å². The van der Waals surface area contributed by atoms with Gasteiger partial charge < -0.3 is 0 Å². The number of nitriles is 1. The average molecular weight is 281 g/mol. The maximum absolute atomic E-state index is 8.95. The summed E-state index contributed by atoms with van der Waals surface area (Å²) in [6.07, 6.45) is 14.0. The maximum Gasteiger partial charge on any atom is 0.0991 e. The molecule has 3 aliphatic rings. The number of fused-ring (bicyclic) bond motifs is 3. The molecule has 0 atom stereocenters. The molecule has 0 spiro atoms. The smallest absolute Gasteiger partial charge is 0.0991 e. The first-order valence-electron chi connectivity index (χ1n) is 8.73. The Kier molecular flexibility index (Phi) is 4.07. The van der Waals surface area contributed by atoms with Gasteiger partial charge >= 0.3 is 0 Å². The molecule has 0 aliphatic heterocycles. The summed E-state index contributed by atoms with van der Waals surface area (Å²) in [5.74, 6) is 0. The van der Waals surface area contributed by atoms with Crippen molar-refractivity contribution >= 4 is 0 Å². The second-order valence-corrected chi connectivity index (χ2v) is 7.43. The minimum Gasteiger partial charge on any atom is -0.192 e. The molecule has 0 N–H and O–H groups in total. The van der Waals surface area contributed by atoms with Crippen molar-refractivity contribution in [2.45, 2.75) is 76.5 Å². The molecular formula is C20H27N. The van der Waals surface area contributed by atoms with Gasteiger partial charge in [-0.05, 0) is 73.5 Å². The highest BCUT2D eigenvalue weighted by Gasteiger charge is 2.48. The number of hydrogen-bond donors (Lipinski definition) is 0. The molecule has 112 valence electrons. The van der Waals surface area contributed by atoms with E-state index in [2.05, 4.69) is 25.1 Å². The Bertz CT molecular complexity index is 495. The van der Waals surface area contributed by atoms with E-state index < -0.39 is 0 Å². The van der Waals surface area contributed by atoms with Crippen LogP contribution in [0.25, 0.3) is 0 Å². The van der Waals surface area contributed by atoms with Crippen molar-refractivity contribution in [1.29, 1.82) is 5.26 Å². The third kappa shape index (κ3) is 2.73. The molecule has 21 heavy (non-hydrogen) atoms. The third-order valence-electron chi connectivity index (χ3n) is 6.34. The van der Waals surface area contributed by atoms with Crippen molar-refractivity contribution in [3.05, 3.63) is 35.4 Å². The Morgan fingerprint density at radius 3 is 2.10 bits per heavy atom. The molecule has 3 fully saturated rings. The van der Waals surface area contributed by atoms with E-state index in [9.17, 15) is 0 Å². The van der Waals surface area contributed by atoms with Gasteiger partial charge in [-0.25, -0.2) is 0 Å². The fourth-order valence-corrected chi connectivity index (χ4v) is 4.72. The molecule has 1 nitrogen and oxygen atoms in total. The predicted molar refractivity (Wildman–Crippen MR) is 87.1 cm³/mol. The molecule has 1 heteroatoms. The molecule has 0 aromatic heterocycles. The van der Waals surface area contributed by atoms with E-state index in [-0.39, 0.29) is 0 Å². The fourth-order valence-electron chi connectivity index (χ4n) is 4.72. The normalized spacial score (nSPS) is 31.0. The number of nitrogens with zero attached hydrogens (tertiary/aromatic N) is 1. The van der Waals surface area contributed by atoms with Crippen LogP contribution in [0.2, 0.25) is 0 Å². The lowest BCUT2D eigenvalue weighted by atomic mass is 9.51. The lowest BCUT2D eigenvalue weighted by Gasteiger charge is -2.54. The van der Waals surface area contributed by atoms with E-state index in [0.29, 0.717) is 10.8 Å². The summed E-state index contributed by atoms with van der Waals surface area (Å²) in [7, 11) is 0. The summed E-state index contributed by atoms with van der Waals surface area (Å²) >= 11 is 0. The van der Waals surface area contributed by atoms with E-state index in [1.165, 1.54) is 69.8 Å². The van der Waals surface area contributed by atoms with Crippen molar-refractivity contribution in [3.8, 4) is 6.07 Å². The van der Waals surface area contributed by atoms with Gasteiger partial charge in [0.05, 0.1) is 11.6 Å². The highest BCUT2D eigenvalue weighted by atomic mass is 14.5. The van der Waals surface area contributed by atoms with Gasteiger partial charge in [0.15, 0.2) is 0 Å². The fraction of sp³-hybridized carbons (Fsp3) is 0.650. The molecule has 0 unspecified atom stereocenters. The standard InChI is InChI=1S/C20H27N/c1-2-3-4-9-19-10-13-20(14-11-19,15-12-19)18-7-5-17(16-21)6-8-18/h5-8H,2-4,9-15H2,1H3. The van der Waals surface area contributed by atoms with Crippen LogP contribution in [0.5, 0.6) is 0 Å². The first-order chi connectivity index (χ1) is 10.2. The summed E-state index contributed by atoms with van der Waals surface area (Å²) in [6.45, 7) is 2.30. The van der Waals surface area contributed by atoms with Crippen LogP contribution in [-0.2, 0) is 5.41 Å². The van der Waals surface area contributed by atoms with Crippen LogP contribution in [0.4, 0.5) is 0 Å². The lowest BCUT2D eigenvalue weighted by Crippen LogP contribution is -2.44. The van der Waals surface area contributed by atoms with E-state index in [1.807, 2.05) is 12.1 Å². The zero-order valence-electron chi connectivity index (χ0n) is 13.3. The highest BCUT2D eigenvalue weighted by Crippen LogP contribution is 2.59. The summed E-state index contributed by atoms with van der Waals surface area (Å²) in [5, 5.41) is 8.95. The summed E-state index contributed by atoms with van der Waals surface area (Å²) in [6, 6.07) is 10.7. The monoisotopic (exact) mass is 281 g/mol. The molecule has 1 aromatic carbocycles. The first-order valence-corrected chi connectivity index (χ1v) is 8.73. The number of benzene rings is 1. The maximum atomic E-state index is 8.95.